The molecule has 0 unspecified atom stereocenters. The molecule has 0 bridgehead atoms. The molecule has 0 heterocycles. The Morgan fingerprint density at radius 3 is 2.40 bits per heavy atom. The summed E-state index contributed by atoms with van der Waals surface area (Å²) >= 11 is 0. The van der Waals surface area contributed by atoms with Gasteiger partial charge in [-0.3, -0.25) is 14.9 Å². The molecule has 2 rings (SSSR count). The van der Waals surface area contributed by atoms with Gasteiger partial charge in [0.05, 0.1) is 4.92 Å². The van der Waals surface area contributed by atoms with Gasteiger partial charge in [-0.25, -0.2) is 4.39 Å². The van der Waals surface area contributed by atoms with Gasteiger partial charge in [0.2, 0.25) is 0 Å². The number of carbonyl (C=O) groups is 1. The van der Waals surface area contributed by atoms with Crippen LogP contribution in [0.2, 0.25) is 0 Å². The van der Waals surface area contributed by atoms with E-state index in [9.17, 15) is 24.4 Å². The van der Waals surface area contributed by atoms with Crippen molar-refractivity contribution in [2.24, 2.45) is 0 Å². The molecule has 0 aliphatic rings. The van der Waals surface area contributed by atoms with Crippen molar-refractivity contribution in [1.29, 1.82) is 0 Å². The molecule has 7 heteroatoms. The molecule has 102 valence electrons. The van der Waals surface area contributed by atoms with Crippen LogP contribution in [0.4, 0.5) is 15.8 Å². The summed E-state index contributed by atoms with van der Waals surface area (Å²) < 4.78 is 12.7. The zero-order chi connectivity index (χ0) is 14.7. The molecule has 0 saturated carbocycles. The maximum atomic E-state index is 12.7. The number of non-ortho nitro benzene ring substituents is 1. The minimum Gasteiger partial charge on any atom is -0.871 e. The number of benzene rings is 2. The Kier molecular flexibility index (Phi) is 3.60. The number of nitrogens with one attached hydrogen (secondary N) is 1. The Morgan fingerprint density at radius 1 is 1.15 bits per heavy atom. The third-order valence-corrected chi connectivity index (χ3v) is 2.53. The Labute approximate surface area is 112 Å². The van der Waals surface area contributed by atoms with Gasteiger partial charge < -0.3 is 10.4 Å². The molecule has 0 atom stereocenters. The van der Waals surface area contributed by atoms with Gasteiger partial charge in [-0.15, -0.1) is 0 Å². The van der Waals surface area contributed by atoms with Crippen LogP contribution in [0.1, 0.15) is 10.4 Å². The predicted molar refractivity (Wildman–Crippen MR) is 66.9 cm³/mol. The van der Waals surface area contributed by atoms with Gasteiger partial charge in [0.15, 0.2) is 0 Å². The highest BCUT2D eigenvalue weighted by Crippen LogP contribution is 2.26. The first-order chi connectivity index (χ1) is 9.47. The Bertz CT molecular complexity index is 671. The lowest BCUT2D eigenvalue weighted by Gasteiger charge is -2.13. The number of halogens is 1. The topological polar surface area (TPSA) is 95.3 Å². The molecule has 0 aliphatic carbocycles. The summed E-state index contributed by atoms with van der Waals surface area (Å²) in [5.41, 5.74) is -0.371. The van der Waals surface area contributed by atoms with Gasteiger partial charge >= 0.3 is 0 Å². The van der Waals surface area contributed by atoms with Crippen LogP contribution in [0.25, 0.3) is 0 Å². The van der Waals surface area contributed by atoms with E-state index in [1.165, 1.54) is 12.1 Å². The number of hydrogen-bond donors (Lipinski definition) is 1. The third-order valence-electron chi connectivity index (χ3n) is 2.53. The van der Waals surface area contributed by atoms with Gasteiger partial charge in [0.25, 0.3) is 11.6 Å². The summed E-state index contributed by atoms with van der Waals surface area (Å²) in [7, 11) is 0. The van der Waals surface area contributed by atoms with Gasteiger partial charge in [-0.05, 0) is 24.3 Å². The molecular formula is C13H8FN2O4-. The fourth-order valence-electron chi connectivity index (χ4n) is 1.52. The molecule has 20 heavy (non-hydrogen) atoms. The van der Waals surface area contributed by atoms with E-state index in [-0.39, 0.29) is 16.9 Å². The van der Waals surface area contributed by atoms with Crippen LogP contribution in [0.15, 0.2) is 42.5 Å². The lowest BCUT2D eigenvalue weighted by atomic mass is 10.2. The second-order valence-electron chi connectivity index (χ2n) is 3.90. The van der Waals surface area contributed by atoms with Gasteiger partial charge in [-0.1, -0.05) is 11.8 Å². The quantitative estimate of drug-likeness (QED) is 0.685. The number of rotatable bonds is 3. The van der Waals surface area contributed by atoms with E-state index in [2.05, 4.69) is 5.32 Å². The molecule has 0 spiro atoms. The molecule has 0 saturated heterocycles. The van der Waals surface area contributed by atoms with Gasteiger partial charge in [-0.2, -0.15) is 0 Å². The first-order valence-electron chi connectivity index (χ1n) is 5.50. The fourth-order valence-corrected chi connectivity index (χ4v) is 1.52. The molecule has 2 aromatic carbocycles. The lowest BCUT2D eigenvalue weighted by Crippen LogP contribution is -2.13. The molecule has 1 amide bonds. The first-order valence-corrected chi connectivity index (χ1v) is 5.50. The van der Waals surface area contributed by atoms with Crippen LogP contribution in [-0.2, 0) is 0 Å². The minimum atomic E-state index is -0.674. The molecule has 0 aliphatic heterocycles. The molecule has 1 N–H and O–H groups in total. The number of nitro groups is 1. The van der Waals surface area contributed by atoms with Crippen LogP contribution in [0, 0.1) is 15.9 Å². The number of hydrogen-bond acceptors (Lipinski definition) is 4. The Hall–Kier alpha value is -2.96. The lowest BCUT2D eigenvalue weighted by molar-refractivity contribution is -0.385. The van der Waals surface area contributed by atoms with Crippen molar-refractivity contribution < 1.29 is 19.2 Å². The van der Waals surface area contributed by atoms with E-state index >= 15 is 0 Å². The van der Waals surface area contributed by atoms with E-state index < -0.39 is 22.4 Å². The van der Waals surface area contributed by atoms with Crippen molar-refractivity contribution in [3.8, 4) is 5.75 Å². The Morgan fingerprint density at radius 2 is 1.80 bits per heavy atom. The average Bonchev–Trinajstić information content (AvgIpc) is 2.41. The minimum absolute atomic E-state index is 0.136. The van der Waals surface area contributed by atoms with Crippen molar-refractivity contribution in [1.82, 2.24) is 0 Å². The van der Waals surface area contributed by atoms with Crippen LogP contribution >= 0.6 is 0 Å². The van der Waals surface area contributed by atoms with Crippen molar-refractivity contribution in [2.45, 2.75) is 0 Å². The number of carbonyl (C=O) groups excluding carboxylic acids is 1. The average molecular weight is 275 g/mol. The molecule has 0 aromatic heterocycles. The summed E-state index contributed by atoms with van der Waals surface area (Å²) in [6.45, 7) is 0. The van der Waals surface area contributed by atoms with E-state index in [0.717, 1.165) is 30.3 Å². The van der Waals surface area contributed by atoms with Crippen molar-refractivity contribution >= 4 is 17.3 Å². The van der Waals surface area contributed by atoms with Crippen LogP contribution in [-0.4, -0.2) is 10.8 Å². The van der Waals surface area contributed by atoms with E-state index in [1.54, 1.807) is 0 Å². The molecular weight excluding hydrogens is 267 g/mol. The van der Waals surface area contributed by atoms with Crippen molar-refractivity contribution in [3.63, 3.8) is 0 Å². The summed E-state index contributed by atoms with van der Waals surface area (Å²) in [6, 6.07) is 7.71. The van der Waals surface area contributed by atoms with Crippen molar-refractivity contribution in [3.05, 3.63) is 64.0 Å². The van der Waals surface area contributed by atoms with Crippen molar-refractivity contribution in [2.75, 3.05) is 5.32 Å². The predicted octanol–water partition coefficient (Wildman–Crippen LogP) is 2.06. The van der Waals surface area contributed by atoms with Gasteiger partial charge in [0, 0.05) is 23.4 Å². The maximum absolute atomic E-state index is 12.7. The van der Waals surface area contributed by atoms with Crippen LogP contribution in [0.5, 0.6) is 5.75 Å². The molecule has 0 radical (unpaired) electrons. The normalized spacial score (nSPS) is 10.1. The summed E-state index contributed by atoms with van der Waals surface area (Å²) in [4.78, 5) is 21.7. The van der Waals surface area contributed by atoms with Crippen LogP contribution < -0.4 is 10.4 Å². The SMILES string of the molecule is O=C(Nc1cc([N+](=O)[O-])ccc1[O-])c1ccc(F)cc1. The fraction of sp³-hybridized carbons (Fsp3) is 0. The number of nitro benzene ring substituents is 1. The number of amides is 1. The van der Waals surface area contributed by atoms with E-state index in [1.807, 2.05) is 0 Å². The van der Waals surface area contributed by atoms with E-state index in [0.29, 0.717) is 0 Å². The van der Waals surface area contributed by atoms with Gasteiger partial charge in [0.1, 0.15) is 5.82 Å². The third kappa shape index (κ3) is 2.89. The highest BCUT2D eigenvalue weighted by atomic mass is 19.1. The highest BCUT2D eigenvalue weighted by molar-refractivity contribution is 6.05. The summed E-state index contributed by atoms with van der Waals surface area (Å²) in [6.07, 6.45) is 0. The zero-order valence-electron chi connectivity index (χ0n) is 10.00. The maximum Gasteiger partial charge on any atom is 0.271 e. The van der Waals surface area contributed by atoms with E-state index in [4.69, 9.17) is 0 Å². The first kappa shape index (κ1) is 13.5. The standard InChI is InChI=1S/C13H9FN2O4/c14-9-3-1-8(2-4-9)13(18)15-11-7-10(16(19)20)5-6-12(11)17/h1-7,17H,(H,15,18)/p-1. The summed E-state index contributed by atoms with van der Waals surface area (Å²) in [5, 5.41) is 24.4. The second kappa shape index (κ2) is 5.35. The molecule has 0 fully saturated rings. The molecule has 6 nitrogen and oxygen atoms in total. The highest BCUT2D eigenvalue weighted by Gasteiger charge is 2.10. The number of anilines is 1. The summed E-state index contributed by atoms with van der Waals surface area (Å²) in [5.74, 6) is -1.70. The van der Waals surface area contributed by atoms with Crippen LogP contribution in [0.3, 0.4) is 0 Å². The Balaban J connectivity index is 2.25. The zero-order valence-corrected chi connectivity index (χ0v) is 10.00. The second-order valence-corrected chi connectivity index (χ2v) is 3.90. The number of nitrogens with zero attached hydrogens (tertiary/aromatic N) is 1. The monoisotopic (exact) mass is 275 g/mol. The molecule has 2 aromatic rings. The smallest absolute Gasteiger partial charge is 0.271 e. The largest absolute Gasteiger partial charge is 0.871 e.